The second-order valence-electron chi connectivity index (χ2n) is 5.96. The number of benzene rings is 2. The highest BCUT2D eigenvalue weighted by molar-refractivity contribution is 5.81. The van der Waals surface area contributed by atoms with E-state index >= 15 is 0 Å². The zero-order chi connectivity index (χ0) is 20.6. The van der Waals surface area contributed by atoms with Crippen LogP contribution < -0.4 is 4.74 Å². The molecule has 1 aliphatic heterocycles. The van der Waals surface area contributed by atoms with Crippen LogP contribution in [0.4, 0.5) is 26.7 Å². The lowest BCUT2D eigenvalue weighted by Crippen LogP contribution is -2.38. The molecule has 2 atom stereocenters. The van der Waals surface area contributed by atoms with Crippen molar-refractivity contribution in [1.82, 2.24) is 4.90 Å². The number of halogens is 5. The normalized spacial score (nSPS) is 18.9. The molecule has 2 aromatic rings. The molecule has 0 radical (unpaired) electrons. The SMILES string of the molecule is C[C@H]1[C@@H](c2ccccc2)OC(=O)N1CC(=O)Oc1c(F)c(F)c(F)c(F)c1F. The van der Waals surface area contributed by atoms with Crippen molar-refractivity contribution in [3.05, 3.63) is 65.0 Å². The second-order valence-corrected chi connectivity index (χ2v) is 5.96. The Balaban J connectivity index is 1.76. The zero-order valence-corrected chi connectivity index (χ0v) is 14.2. The molecule has 2 aromatic carbocycles. The number of rotatable bonds is 4. The molecule has 0 saturated carbocycles. The van der Waals surface area contributed by atoms with Crippen LogP contribution in [0.15, 0.2) is 30.3 Å². The molecule has 3 rings (SSSR count). The van der Waals surface area contributed by atoms with E-state index in [1.165, 1.54) is 0 Å². The van der Waals surface area contributed by atoms with Crippen molar-refractivity contribution in [1.29, 1.82) is 0 Å². The number of amides is 1. The Morgan fingerprint density at radius 1 is 1.00 bits per heavy atom. The summed E-state index contributed by atoms with van der Waals surface area (Å²) in [6.45, 7) is 0.747. The van der Waals surface area contributed by atoms with Crippen LogP contribution in [0.25, 0.3) is 0 Å². The minimum atomic E-state index is -2.38. The van der Waals surface area contributed by atoms with E-state index in [0.29, 0.717) is 5.56 Å². The van der Waals surface area contributed by atoms with Crippen LogP contribution in [-0.2, 0) is 9.53 Å². The monoisotopic (exact) mass is 401 g/mol. The largest absolute Gasteiger partial charge is 0.439 e. The van der Waals surface area contributed by atoms with E-state index in [4.69, 9.17) is 4.74 Å². The molecule has 0 unspecified atom stereocenters. The van der Waals surface area contributed by atoms with Crippen LogP contribution in [0, 0.1) is 29.1 Å². The van der Waals surface area contributed by atoms with Crippen molar-refractivity contribution >= 4 is 12.1 Å². The third-order valence-corrected chi connectivity index (χ3v) is 4.21. The van der Waals surface area contributed by atoms with E-state index < -0.39 is 65.6 Å². The summed E-state index contributed by atoms with van der Waals surface area (Å²) in [7, 11) is 0. The molecule has 0 bridgehead atoms. The van der Waals surface area contributed by atoms with Gasteiger partial charge in [-0.25, -0.2) is 22.8 Å². The van der Waals surface area contributed by atoms with Gasteiger partial charge in [0.1, 0.15) is 12.6 Å². The quantitative estimate of drug-likeness (QED) is 0.257. The topological polar surface area (TPSA) is 55.8 Å². The predicted molar refractivity (Wildman–Crippen MR) is 83.7 cm³/mol. The van der Waals surface area contributed by atoms with E-state index in [2.05, 4.69) is 4.74 Å². The lowest BCUT2D eigenvalue weighted by molar-refractivity contribution is -0.135. The fraction of sp³-hybridized carbons (Fsp3) is 0.222. The Morgan fingerprint density at radius 2 is 1.54 bits per heavy atom. The lowest BCUT2D eigenvalue weighted by Gasteiger charge is -2.20. The number of carbonyl (C=O) groups is 2. The van der Waals surface area contributed by atoms with Gasteiger partial charge in [-0.15, -0.1) is 0 Å². The van der Waals surface area contributed by atoms with Gasteiger partial charge in [0.2, 0.25) is 34.8 Å². The molecule has 1 aliphatic rings. The number of nitrogens with zero attached hydrogens (tertiary/aromatic N) is 1. The summed E-state index contributed by atoms with van der Waals surface area (Å²) in [5.41, 5.74) is 0.652. The summed E-state index contributed by atoms with van der Waals surface area (Å²) in [5.74, 6) is -14.6. The molecule has 0 spiro atoms. The van der Waals surface area contributed by atoms with E-state index in [9.17, 15) is 31.5 Å². The Bertz CT molecular complexity index is 908. The first-order chi connectivity index (χ1) is 13.2. The number of esters is 1. The Morgan fingerprint density at radius 3 is 2.11 bits per heavy atom. The van der Waals surface area contributed by atoms with Gasteiger partial charge in [0.25, 0.3) is 0 Å². The molecule has 1 heterocycles. The highest BCUT2D eigenvalue weighted by atomic mass is 19.2. The van der Waals surface area contributed by atoms with Gasteiger partial charge < -0.3 is 9.47 Å². The molecule has 1 saturated heterocycles. The maximum atomic E-state index is 13.6. The minimum absolute atomic E-state index is 0.652. The standard InChI is InChI=1S/C18H12F5NO4/c1-8-16(9-5-3-2-4-6-9)28-18(26)24(8)7-10(25)27-17-14(22)12(20)11(19)13(21)15(17)23/h2-6,8,16H,7H2,1H3/t8-,16-/m0/s1. The van der Waals surface area contributed by atoms with Crippen molar-refractivity contribution in [2.45, 2.75) is 19.1 Å². The number of ether oxygens (including phenoxy) is 2. The van der Waals surface area contributed by atoms with Crippen molar-refractivity contribution in [3.63, 3.8) is 0 Å². The maximum Gasteiger partial charge on any atom is 0.411 e. The van der Waals surface area contributed by atoms with Gasteiger partial charge >= 0.3 is 12.1 Å². The highest BCUT2D eigenvalue weighted by Gasteiger charge is 2.41. The third kappa shape index (κ3) is 3.37. The van der Waals surface area contributed by atoms with Gasteiger partial charge in [0.15, 0.2) is 0 Å². The number of cyclic esters (lactones) is 1. The van der Waals surface area contributed by atoms with Crippen LogP contribution in [0.3, 0.4) is 0 Å². The molecule has 0 aliphatic carbocycles. The second kappa shape index (κ2) is 7.45. The van der Waals surface area contributed by atoms with E-state index in [0.717, 1.165) is 4.90 Å². The fourth-order valence-electron chi connectivity index (χ4n) is 2.76. The first-order valence-electron chi connectivity index (χ1n) is 7.96. The smallest absolute Gasteiger partial charge is 0.411 e. The van der Waals surface area contributed by atoms with Gasteiger partial charge in [-0.1, -0.05) is 30.3 Å². The number of hydrogen-bond donors (Lipinski definition) is 0. The number of carbonyl (C=O) groups excluding carboxylic acids is 2. The lowest BCUT2D eigenvalue weighted by atomic mass is 10.0. The van der Waals surface area contributed by atoms with E-state index in [-0.39, 0.29) is 0 Å². The molecule has 10 heteroatoms. The molecule has 28 heavy (non-hydrogen) atoms. The molecule has 1 amide bonds. The molecule has 1 fully saturated rings. The summed E-state index contributed by atoms with van der Waals surface area (Å²) < 4.78 is 76.1. The predicted octanol–water partition coefficient (Wildman–Crippen LogP) is 3.87. The Labute approximate surface area is 155 Å². The average Bonchev–Trinajstić information content (AvgIpc) is 2.97. The van der Waals surface area contributed by atoms with Crippen molar-refractivity contribution in [3.8, 4) is 5.75 Å². The highest BCUT2D eigenvalue weighted by Crippen LogP contribution is 2.33. The molecule has 0 N–H and O–H groups in total. The van der Waals surface area contributed by atoms with Gasteiger partial charge in [0.05, 0.1) is 6.04 Å². The average molecular weight is 401 g/mol. The van der Waals surface area contributed by atoms with Gasteiger partial charge in [0, 0.05) is 0 Å². The minimum Gasteiger partial charge on any atom is -0.439 e. The summed E-state index contributed by atoms with van der Waals surface area (Å²) in [6, 6.07) is 7.94. The molecular weight excluding hydrogens is 389 g/mol. The summed E-state index contributed by atoms with van der Waals surface area (Å²) >= 11 is 0. The van der Waals surface area contributed by atoms with Gasteiger partial charge in [-0.3, -0.25) is 4.90 Å². The molecule has 148 valence electrons. The van der Waals surface area contributed by atoms with Crippen molar-refractivity contribution < 1.29 is 41.0 Å². The first kappa shape index (κ1) is 19.6. The van der Waals surface area contributed by atoms with Crippen molar-refractivity contribution in [2.24, 2.45) is 0 Å². The van der Waals surface area contributed by atoms with Crippen LogP contribution in [-0.4, -0.2) is 29.5 Å². The van der Waals surface area contributed by atoms with E-state index in [1.807, 2.05) is 0 Å². The Kier molecular flexibility index (Phi) is 5.21. The molecule has 0 aromatic heterocycles. The Hall–Kier alpha value is -3.17. The summed E-state index contributed by atoms with van der Waals surface area (Å²) in [5, 5.41) is 0. The summed E-state index contributed by atoms with van der Waals surface area (Å²) in [4.78, 5) is 24.9. The zero-order valence-electron chi connectivity index (χ0n) is 14.2. The molecular formula is C18H12F5NO4. The van der Waals surface area contributed by atoms with Crippen LogP contribution >= 0.6 is 0 Å². The van der Waals surface area contributed by atoms with Crippen molar-refractivity contribution in [2.75, 3.05) is 6.54 Å². The van der Waals surface area contributed by atoms with Gasteiger partial charge in [-0.05, 0) is 12.5 Å². The molecule has 5 nitrogen and oxygen atoms in total. The summed E-state index contributed by atoms with van der Waals surface area (Å²) in [6.07, 6.45) is -1.61. The first-order valence-corrected chi connectivity index (χ1v) is 7.96. The van der Waals surface area contributed by atoms with Crippen LogP contribution in [0.5, 0.6) is 5.75 Å². The third-order valence-electron chi connectivity index (χ3n) is 4.21. The number of hydrogen-bond acceptors (Lipinski definition) is 4. The van der Waals surface area contributed by atoms with Gasteiger partial charge in [-0.2, -0.15) is 8.78 Å². The van der Waals surface area contributed by atoms with Crippen LogP contribution in [0.2, 0.25) is 0 Å². The van der Waals surface area contributed by atoms with Crippen LogP contribution in [0.1, 0.15) is 18.6 Å². The fourth-order valence-corrected chi connectivity index (χ4v) is 2.76. The maximum absolute atomic E-state index is 13.6. The van der Waals surface area contributed by atoms with E-state index in [1.54, 1.807) is 37.3 Å².